The molecule has 2 amide bonds. The van der Waals surface area contributed by atoms with Crippen molar-refractivity contribution >= 4 is 27.5 Å². The Labute approximate surface area is 123 Å². The highest BCUT2D eigenvalue weighted by molar-refractivity contribution is 7.89. The number of piperidine rings is 1. The predicted molar refractivity (Wildman–Crippen MR) is 77.1 cm³/mol. The van der Waals surface area contributed by atoms with Gasteiger partial charge in [-0.25, -0.2) is 13.1 Å². The number of amides is 2. The van der Waals surface area contributed by atoms with Crippen LogP contribution in [0.5, 0.6) is 0 Å². The Balaban J connectivity index is 2.25. The van der Waals surface area contributed by atoms with Gasteiger partial charge in [0.2, 0.25) is 21.8 Å². The van der Waals surface area contributed by atoms with E-state index in [9.17, 15) is 18.0 Å². The highest BCUT2D eigenvalue weighted by atomic mass is 32.2. The third-order valence-electron chi connectivity index (χ3n) is 3.08. The average molecular weight is 311 g/mol. The van der Waals surface area contributed by atoms with E-state index in [0.717, 1.165) is 0 Å². The topological polar surface area (TPSA) is 104 Å². The lowest BCUT2D eigenvalue weighted by Gasteiger charge is -2.24. The van der Waals surface area contributed by atoms with Crippen LogP contribution in [-0.2, 0) is 19.6 Å². The highest BCUT2D eigenvalue weighted by Crippen LogP contribution is 2.22. The second-order valence-corrected chi connectivity index (χ2v) is 6.38. The van der Waals surface area contributed by atoms with E-state index in [1.54, 1.807) is 25.1 Å². The Bertz CT molecular complexity index is 657. The van der Waals surface area contributed by atoms with Crippen molar-refractivity contribution in [2.75, 3.05) is 11.9 Å². The first-order chi connectivity index (χ1) is 9.94. The summed E-state index contributed by atoms with van der Waals surface area (Å²) in [5.41, 5.74) is 0.341. The Morgan fingerprint density at radius 3 is 2.67 bits per heavy atom. The summed E-state index contributed by atoms with van der Waals surface area (Å²) < 4.78 is 26.7. The lowest BCUT2D eigenvalue weighted by molar-refractivity contribution is -0.133. The quantitative estimate of drug-likeness (QED) is 0.674. The largest absolute Gasteiger partial charge is 0.373 e. The molecule has 8 heteroatoms. The summed E-state index contributed by atoms with van der Waals surface area (Å²) in [5, 5.41) is 5.13. The zero-order chi connectivity index (χ0) is 15.5. The summed E-state index contributed by atoms with van der Waals surface area (Å²) in [7, 11) is -3.63. The minimum atomic E-state index is -3.63. The molecule has 1 heterocycles. The normalized spacial score (nSPS) is 19.2. The van der Waals surface area contributed by atoms with Crippen LogP contribution in [0.4, 0.5) is 5.69 Å². The van der Waals surface area contributed by atoms with Gasteiger partial charge in [-0.15, -0.1) is 0 Å². The van der Waals surface area contributed by atoms with Crippen molar-refractivity contribution in [1.29, 1.82) is 0 Å². The molecule has 1 aliphatic rings. The maximum absolute atomic E-state index is 12.1. The van der Waals surface area contributed by atoms with Gasteiger partial charge in [0.15, 0.2) is 0 Å². The molecular weight excluding hydrogens is 294 g/mol. The number of nitrogens with one attached hydrogen (secondary N) is 3. The first kappa shape index (κ1) is 15.5. The summed E-state index contributed by atoms with van der Waals surface area (Å²) in [6.07, 6.45) is 0.561. The van der Waals surface area contributed by atoms with Crippen LogP contribution in [0.15, 0.2) is 29.2 Å². The zero-order valence-electron chi connectivity index (χ0n) is 11.5. The number of sulfonamides is 1. The molecule has 1 unspecified atom stereocenters. The van der Waals surface area contributed by atoms with E-state index in [-0.39, 0.29) is 23.8 Å². The SMILES string of the molecule is CCNS(=O)(=O)c1ccccc1NC1CCC(=O)NC1=O. The van der Waals surface area contributed by atoms with Crippen LogP contribution in [0.2, 0.25) is 0 Å². The maximum Gasteiger partial charge on any atom is 0.249 e. The molecule has 3 N–H and O–H groups in total. The molecule has 1 fully saturated rings. The van der Waals surface area contributed by atoms with Gasteiger partial charge in [-0.2, -0.15) is 0 Å². The standard InChI is InChI=1S/C13H17N3O4S/c1-2-14-21(19,20)11-6-4-3-5-9(11)15-10-7-8-12(17)16-13(10)18/h3-6,10,14-15H,2,7-8H2,1H3,(H,16,17,18). The molecule has 7 nitrogen and oxygen atoms in total. The average Bonchev–Trinajstić information content (AvgIpc) is 2.42. The fourth-order valence-corrected chi connectivity index (χ4v) is 3.32. The van der Waals surface area contributed by atoms with Crippen LogP contribution in [0.1, 0.15) is 19.8 Å². The molecule has 1 aliphatic heterocycles. The Morgan fingerprint density at radius 2 is 2.00 bits per heavy atom. The summed E-state index contributed by atoms with van der Waals surface area (Å²) >= 11 is 0. The van der Waals surface area contributed by atoms with E-state index >= 15 is 0 Å². The van der Waals surface area contributed by atoms with Crippen LogP contribution in [-0.4, -0.2) is 32.8 Å². The number of carbonyl (C=O) groups excluding carboxylic acids is 2. The third kappa shape index (κ3) is 3.59. The minimum Gasteiger partial charge on any atom is -0.373 e. The number of anilines is 1. The van der Waals surface area contributed by atoms with Crippen molar-refractivity contribution in [3.05, 3.63) is 24.3 Å². The second-order valence-electron chi connectivity index (χ2n) is 4.65. The number of carbonyl (C=O) groups is 2. The number of hydrogen-bond donors (Lipinski definition) is 3. The Hall–Kier alpha value is -1.93. The summed E-state index contributed by atoms with van der Waals surface area (Å²) in [5.74, 6) is -0.756. The van der Waals surface area contributed by atoms with Crippen LogP contribution >= 0.6 is 0 Å². The lowest BCUT2D eigenvalue weighted by atomic mass is 10.1. The zero-order valence-corrected chi connectivity index (χ0v) is 12.4. The van der Waals surface area contributed by atoms with Gasteiger partial charge in [-0.3, -0.25) is 14.9 Å². The van der Waals surface area contributed by atoms with Crippen LogP contribution in [0.3, 0.4) is 0 Å². The van der Waals surface area contributed by atoms with E-state index in [1.807, 2.05) is 0 Å². The minimum absolute atomic E-state index is 0.0801. The first-order valence-electron chi connectivity index (χ1n) is 6.63. The van der Waals surface area contributed by atoms with Crippen LogP contribution in [0.25, 0.3) is 0 Å². The first-order valence-corrected chi connectivity index (χ1v) is 8.11. The summed E-state index contributed by atoms with van der Waals surface area (Å²) in [6.45, 7) is 1.96. The monoisotopic (exact) mass is 311 g/mol. The van der Waals surface area contributed by atoms with Crippen molar-refractivity contribution in [2.45, 2.75) is 30.7 Å². The molecule has 1 aromatic carbocycles. The van der Waals surface area contributed by atoms with Crippen molar-refractivity contribution < 1.29 is 18.0 Å². The molecule has 0 aromatic heterocycles. The molecule has 2 rings (SSSR count). The molecule has 0 aliphatic carbocycles. The fourth-order valence-electron chi connectivity index (χ4n) is 2.11. The van der Waals surface area contributed by atoms with Crippen molar-refractivity contribution in [2.24, 2.45) is 0 Å². The van der Waals surface area contributed by atoms with Gasteiger partial charge in [0.1, 0.15) is 10.9 Å². The van der Waals surface area contributed by atoms with Gasteiger partial charge < -0.3 is 5.32 Å². The highest BCUT2D eigenvalue weighted by Gasteiger charge is 2.28. The van der Waals surface area contributed by atoms with Gasteiger partial charge in [0.25, 0.3) is 0 Å². The summed E-state index contributed by atoms with van der Waals surface area (Å²) in [4.78, 5) is 22.9. The van der Waals surface area contributed by atoms with Crippen molar-refractivity contribution in [1.82, 2.24) is 10.0 Å². The number of rotatable bonds is 5. The van der Waals surface area contributed by atoms with E-state index in [1.165, 1.54) is 6.07 Å². The lowest BCUT2D eigenvalue weighted by Crippen LogP contribution is -2.47. The molecule has 1 atom stereocenters. The van der Waals surface area contributed by atoms with E-state index in [4.69, 9.17) is 0 Å². The van der Waals surface area contributed by atoms with Gasteiger partial charge in [0, 0.05) is 13.0 Å². The molecule has 0 saturated carbocycles. The smallest absolute Gasteiger partial charge is 0.249 e. The second kappa shape index (κ2) is 6.23. The van der Waals surface area contributed by atoms with E-state index in [2.05, 4.69) is 15.4 Å². The third-order valence-corrected chi connectivity index (χ3v) is 4.68. The number of benzene rings is 1. The number of imide groups is 1. The van der Waals surface area contributed by atoms with Crippen LogP contribution in [0, 0.1) is 0 Å². The van der Waals surface area contributed by atoms with E-state index in [0.29, 0.717) is 12.1 Å². The van der Waals surface area contributed by atoms with E-state index < -0.39 is 22.0 Å². The van der Waals surface area contributed by atoms with Crippen molar-refractivity contribution in [3.8, 4) is 0 Å². The Kier molecular flexibility index (Phi) is 4.59. The number of para-hydroxylation sites is 1. The van der Waals surface area contributed by atoms with Gasteiger partial charge >= 0.3 is 0 Å². The fraction of sp³-hybridized carbons (Fsp3) is 0.385. The molecular formula is C13H17N3O4S. The molecule has 1 saturated heterocycles. The molecule has 0 bridgehead atoms. The predicted octanol–water partition coefficient (Wildman–Crippen LogP) is 0.202. The van der Waals surface area contributed by atoms with Gasteiger partial charge in [-0.05, 0) is 18.6 Å². The van der Waals surface area contributed by atoms with Gasteiger partial charge in [0.05, 0.1) is 5.69 Å². The summed E-state index contributed by atoms with van der Waals surface area (Å²) in [6, 6.07) is 5.72. The van der Waals surface area contributed by atoms with Gasteiger partial charge in [-0.1, -0.05) is 19.1 Å². The molecule has 0 radical (unpaired) electrons. The maximum atomic E-state index is 12.1. The molecule has 1 aromatic rings. The number of hydrogen-bond acceptors (Lipinski definition) is 5. The molecule has 0 spiro atoms. The van der Waals surface area contributed by atoms with Crippen LogP contribution < -0.4 is 15.4 Å². The van der Waals surface area contributed by atoms with Crippen molar-refractivity contribution in [3.63, 3.8) is 0 Å². The Morgan fingerprint density at radius 1 is 1.29 bits per heavy atom. The molecule has 21 heavy (non-hydrogen) atoms. The molecule has 114 valence electrons.